The maximum Gasteiger partial charge on any atom is 0.261 e. The van der Waals surface area contributed by atoms with Gasteiger partial charge in [-0.25, -0.2) is 8.42 Å². The topological polar surface area (TPSA) is 72.9 Å². The highest BCUT2D eigenvalue weighted by Gasteiger charge is 2.39. The van der Waals surface area contributed by atoms with Crippen LogP contribution in [-0.2, 0) is 14.6 Å². The summed E-state index contributed by atoms with van der Waals surface area (Å²) >= 11 is 0. The predicted molar refractivity (Wildman–Crippen MR) is 115 cm³/mol. The van der Waals surface area contributed by atoms with Crippen molar-refractivity contribution in [3.05, 3.63) is 54.6 Å². The minimum absolute atomic E-state index is 0.0651. The van der Waals surface area contributed by atoms with E-state index in [4.69, 9.17) is 9.47 Å². The molecule has 0 unspecified atom stereocenters. The van der Waals surface area contributed by atoms with E-state index in [1.54, 1.807) is 12.1 Å². The van der Waals surface area contributed by atoms with E-state index < -0.39 is 9.84 Å². The van der Waals surface area contributed by atoms with Crippen LogP contribution in [-0.4, -0.2) is 49.4 Å². The van der Waals surface area contributed by atoms with E-state index in [0.29, 0.717) is 17.9 Å². The molecule has 1 atom stereocenters. The van der Waals surface area contributed by atoms with Crippen LogP contribution >= 0.6 is 0 Å². The van der Waals surface area contributed by atoms with Gasteiger partial charge >= 0.3 is 0 Å². The van der Waals surface area contributed by atoms with Gasteiger partial charge in [0.25, 0.3) is 5.91 Å². The van der Waals surface area contributed by atoms with Gasteiger partial charge in [0.2, 0.25) is 0 Å². The molecule has 1 heterocycles. The summed E-state index contributed by atoms with van der Waals surface area (Å²) in [5.74, 6) is 1.98. The third-order valence-corrected chi connectivity index (χ3v) is 7.50. The summed E-state index contributed by atoms with van der Waals surface area (Å²) in [6.07, 6.45) is 4.54. The van der Waals surface area contributed by atoms with Gasteiger partial charge in [0.15, 0.2) is 16.4 Å². The normalized spacial score (nSPS) is 20.7. The zero-order chi connectivity index (χ0) is 21.0. The Kier molecular flexibility index (Phi) is 6.27. The molecule has 6 nitrogen and oxygen atoms in total. The van der Waals surface area contributed by atoms with Crippen molar-refractivity contribution < 1.29 is 22.7 Å². The van der Waals surface area contributed by atoms with E-state index in [9.17, 15) is 13.2 Å². The third-order valence-electron chi connectivity index (χ3n) is 5.75. The zero-order valence-corrected chi connectivity index (χ0v) is 17.7. The number of benzene rings is 2. The van der Waals surface area contributed by atoms with Crippen LogP contribution in [0.25, 0.3) is 0 Å². The second kappa shape index (κ2) is 9.08. The average molecular weight is 430 g/mol. The molecular formula is C23H27NO5S. The number of amides is 1. The summed E-state index contributed by atoms with van der Waals surface area (Å²) in [6.45, 7) is -0.109. The zero-order valence-electron chi connectivity index (χ0n) is 16.9. The summed E-state index contributed by atoms with van der Waals surface area (Å²) in [5, 5.41) is 0. The first-order valence-corrected chi connectivity index (χ1v) is 12.3. The van der Waals surface area contributed by atoms with Crippen molar-refractivity contribution in [2.45, 2.75) is 44.2 Å². The fraction of sp³-hybridized carbons (Fsp3) is 0.435. The summed E-state index contributed by atoms with van der Waals surface area (Å²) in [4.78, 5) is 14.9. The van der Waals surface area contributed by atoms with Crippen LogP contribution < -0.4 is 9.47 Å². The van der Waals surface area contributed by atoms with Gasteiger partial charge in [-0.2, -0.15) is 0 Å². The number of carbonyl (C=O) groups excluding carboxylic acids is 1. The van der Waals surface area contributed by atoms with Gasteiger partial charge in [-0.3, -0.25) is 4.79 Å². The molecule has 0 N–H and O–H groups in total. The van der Waals surface area contributed by atoms with E-state index in [1.807, 2.05) is 47.4 Å². The van der Waals surface area contributed by atoms with Crippen molar-refractivity contribution in [1.82, 2.24) is 4.90 Å². The Morgan fingerprint density at radius 3 is 2.30 bits per heavy atom. The molecule has 2 fully saturated rings. The highest BCUT2D eigenvalue weighted by Crippen LogP contribution is 2.30. The molecule has 1 amide bonds. The number of hydrogen-bond acceptors (Lipinski definition) is 5. The molecule has 0 aromatic heterocycles. The summed E-state index contributed by atoms with van der Waals surface area (Å²) in [5.41, 5.74) is 0. The summed E-state index contributed by atoms with van der Waals surface area (Å²) in [7, 11) is -3.06. The van der Waals surface area contributed by atoms with Crippen LogP contribution in [0.4, 0.5) is 0 Å². The Morgan fingerprint density at radius 2 is 1.60 bits per heavy atom. The molecule has 0 spiro atoms. The van der Waals surface area contributed by atoms with Crippen LogP contribution in [0.3, 0.4) is 0 Å². The lowest BCUT2D eigenvalue weighted by atomic mass is 10.1. The minimum atomic E-state index is -3.06. The predicted octanol–water partition coefficient (Wildman–Crippen LogP) is 3.82. The van der Waals surface area contributed by atoms with Crippen LogP contribution in [0.2, 0.25) is 0 Å². The van der Waals surface area contributed by atoms with Crippen molar-refractivity contribution in [3.63, 3.8) is 0 Å². The fourth-order valence-electron chi connectivity index (χ4n) is 4.35. The van der Waals surface area contributed by atoms with Crippen LogP contribution in [0, 0.1) is 0 Å². The SMILES string of the molecule is O=C(COc1cccc(Oc2ccccc2)c1)N(C1CCCC1)[C@H]1CCS(=O)(=O)C1. The Hall–Kier alpha value is -2.54. The largest absolute Gasteiger partial charge is 0.484 e. The lowest BCUT2D eigenvalue weighted by molar-refractivity contribution is -0.137. The molecule has 1 aliphatic heterocycles. The van der Waals surface area contributed by atoms with Crippen LogP contribution in [0.15, 0.2) is 54.6 Å². The lowest BCUT2D eigenvalue weighted by Crippen LogP contribution is -2.48. The van der Waals surface area contributed by atoms with Gasteiger partial charge < -0.3 is 14.4 Å². The highest BCUT2D eigenvalue weighted by atomic mass is 32.2. The minimum Gasteiger partial charge on any atom is -0.484 e. The van der Waals surface area contributed by atoms with Gasteiger partial charge in [0.1, 0.15) is 17.2 Å². The maximum atomic E-state index is 13.1. The molecule has 2 aliphatic rings. The number of nitrogens with zero attached hydrogens (tertiary/aromatic N) is 1. The molecule has 1 aliphatic carbocycles. The number of rotatable bonds is 7. The maximum absolute atomic E-state index is 13.1. The first kappa shape index (κ1) is 20.7. The summed E-state index contributed by atoms with van der Waals surface area (Å²) < 4.78 is 35.5. The summed E-state index contributed by atoms with van der Waals surface area (Å²) in [6, 6.07) is 16.5. The molecule has 0 bridgehead atoms. The van der Waals surface area contributed by atoms with Crippen molar-refractivity contribution >= 4 is 15.7 Å². The number of sulfone groups is 1. The average Bonchev–Trinajstić information content (AvgIpc) is 3.38. The van der Waals surface area contributed by atoms with Gasteiger partial charge in [-0.15, -0.1) is 0 Å². The van der Waals surface area contributed by atoms with Crippen LogP contribution in [0.5, 0.6) is 17.2 Å². The second-order valence-corrected chi connectivity index (χ2v) is 10.2. The molecule has 2 aromatic carbocycles. The molecule has 1 saturated heterocycles. The van der Waals surface area contributed by atoms with E-state index >= 15 is 0 Å². The van der Waals surface area contributed by atoms with Crippen molar-refractivity contribution in [3.8, 4) is 17.2 Å². The first-order valence-electron chi connectivity index (χ1n) is 10.5. The number of hydrogen-bond donors (Lipinski definition) is 0. The lowest BCUT2D eigenvalue weighted by Gasteiger charge is -2.34. The number of ether oxygens (including phenoxy) is 2. The van der Waals surface area contributed by atoms with Crippen molar-refractivity contribution in [2.24, 2.45) is 0 Å². The Morgan fingerprint density at radius 1 is 0.900 bits per heavy atom. The first-order chi connectivity index (χ1) is 14.5. The monoisotopic (exact) mass is 429 g/mol. The standard InChI is InChI=1S/C23H27NO5S/c25-23(24(18-7-4-5-8-18)19-13-14-30(26,27)17-19)16-28-21-11-6-12-22(15-21)29-20-9-2-1-3-10-20/h1-3,6,9-12,15,18-19H,4-5,7-8,13-14,16-17H2/t19-/m0/s1. The molecule has 1 saturated carbocycles. The van der Waals surface area contributed by atoms with Gasteiger partial charge in [0.05, 0.1) is 11.5 Å². The highest BCUT2D eigenvalue weighted by molar-refractivity contribution is 7.91. The molecule has 7 heteroatoms. The van der Waals surface area contributed by atoms with Gasteiger partial charge in [-0.05, 0) is 43.5 Å². The molecule has 2 aromatic rings. The quantitative estimate of drug-likeness (QED) is 0.669. The second-order valence-electron chi connectivity index (χ2n) is 7.97. The molecule has 160 valence electrons. The number of para-hydroxylation sites is 1. The Labute approximate surface area is 177 Å². The number of carbonyl (C=O) groups is 1. The molecule has 30 heavy (non-hydrogen) atoms. The van der Waals surface area contributed by atoms with E-state index in [0.717, 1.165) is 31.4 Å². The van der Waals surface area contributed by atoms with E-state index in [2.05, 4.69) is 0 Å². The van der Waals surface area contributed by atoms with Gasteiger partial charge in [0, 0.05) is 18.2 Å². The molecule has 4 rings (SSSR count). The Bertz CT molecular complexity index is 970. The molecule has 0 radical (unpaired) electrons. The van der Waals surface area contributed by atoms with Gasteiger partial charge in [-0.1, -0.05) is 37.1 Å². The van der Waals surface area contributed by atoms with Crippen molar-refractivity contribution in [2.75, 3.05) is 18.1 Å². The van der Waals surface area contributed by atoms with E-state index in [-0.39, 0.29) is 36.1 Å². The van der Waals surface area contributed by atoms with E-state index in [1.165, 1.54) is 0 Å². The fourth-order valence-corrected chi connectivity index (χ4v) is 6.07. The van der Waals surface area contributed by atoms with Crippen molar-refractivity contribution in [1.29, 1.82) is 0 Å². The van der Waals surface area contributed by atoms with Crippen LogP contribution in [0.1, 0.15) is 32.1 Å². The Balaban J connectivity index is 1.41. The smallest absolute Gasteiger partial charge is 0.261 e. The molecular weight excluding hydrogens is 402 g/mol. The third kappa shape index (κ3) is 5.14.